The number of ether oxygens (including phenoxy) is 2. The summed E-state index contributed by atoms with van der Waals surface area (Å²) in [4.78, 5) is 0. The number of hydrogen-bond acceptors (Lipinski definition) is 4. The summed E-state index contributed by atoms with van der Waals surface area (Å²) in [5.41, 5.74) is 1.17. The minimum atomic E-state index is 0.514. The second kappa shape index (κ2) is 10.0. The Morgan fingerprint density at radius 2 is 2.00 bits per heavy atom. The van der Waals surface area contributed by atoms with E-state index in [4.69, 9.17) is 13.9 Å². The van der Waals surface area contributed by atoms with Gasteiger partial charge in [0.15, 0.2) is 0 Å². The molecule has 0 radical (unpaired) electrons. The van der Waals surface area contributed by atoms with E-state index >= 15 is 0 Å². The highest BCUT2D eigenvalue weighted by atomic mass is 16.5. The second-order valence-corrected chi connectivity index (χ2v) is 5.11. The molecule has 0 atom stereocenters. The standard InChI is InChI=1S/C15H27NO3/c1-4-5-17-6-7-18-12-15-8-14(11-19-15)10-16-9-13(2)3/h8,11,13,16H,4-7,9-10,12H2,1-3H3. The van der Waals surface area contributed by atoms with Crippen molar-refractivity contribution in [3.05, 3.63) is 23.7 Å². The first-order chi connectivity index (χ1) is 9.22. The first kappa shape index (κ1) is 16.2. The third-order valence-electron chi connectivity index (χ3n) is 2.55. The number of rotatable bonds is 11. The average molecular weight is 269 g/mol. The fourth-order valence-electron chi connectivity index (χ4n) is 1.64. The Kier molecular flexibility index (Phi) is 8.54. The molecule has 0 aliphatic rings. The molecule has 0 fully saturated rings. The van der Waals surface area contributed by atoms with Crippen molar-refractivity contribution in [1.82, 2.24) is 5.32 Å². The van der Waals surface area contributed by atoms with E-state index < -0.39 is 0 Å². The molecule has 0 aliphatic carbocycles. The summed E-state index contributed by atoms with van der Waals surface area (Å²) in [6.45, 7) is 10.9. The highest BCUT2D eigenvalue weighted by Gasteiger charge is 2.02. The van der Waals surface area contributed by atoms with Crippen LogP contribution in [-0.2, 0) is 22.6 Å². The minimum absolute atomic E-state index is 0.514. The fourth-order valence-corrected chi connectivity index (χ4v) is 1.64. The van der Waals surface area contributed by atoms with E-state index in [-0.39, 0.29) is 0 Å². The first-order valence-electron chi connectivity index (χ1n) is 7.14. The topological polar surface area (TPSA) is 43.6 Å². The van der Waals surface area contributed by atoms with Crippen LogP contribution in [0.3, 0.4) is 0 Å². The molecule has 4 heteroatoms. The number of hydrogen-bond donors (Lipinski definition) is 1. The summed E-state index contributed by atoms with van der Waals surface area (Å²) in [6, 6.07) is 2.04. The molecule has 0 amide bonds. The minimum Gasteiger partial charge on any atom is -0.467 e. The van der Waals surface area contributed by atoms with Crippen LogP contribution < -0.4 is 5.32 Å². The lowest BCUT2D eigenvalue weighted by Crippen LogP contribution is -2.18. The Labute approximate surface area is 116 Å². The molecule has 0 unspecified atom stereocenters. The van der Waals surface area contributed by atoms with Gasteiger partial charge in [0.05, 0.1) is 19.5 Å². The predicted octanol–water partition coefficient (Wildman–Crippen LogP) is 2.97. The second-order valence-electron chi connectivity index (χ2n) is 5.11. The lowest BCUT2D eigenvalue weighted by molar-refractivity contribution is 0.0350. The van der Waals surface area contributed by atoms with Gasteiger partial charge in [0.2, 0.25) is 0 Å². The average Bonchev–Trinajstić information content (AvgIpc) is 2.81. The van der Waals surface area contributed by atoms with Crippen LogP contribution in [-0.4, -0.2) is 26.4 Å². The Balaban J connectivity index is 2.09. The van der Waals surface area contributed by atoms with Crippen LogP contribution in [0.2, 0.25) is 0 Å². The van der Waals surface area contributed by atoms with Crippen molar-refractivity contribution < 1.29 is 13.9 Å². The Bertz CT molecular complexity index is 323. The van der Waals surface area contributed by atoms with Gasteiger partial charge in [0.25, 0.3) is 0 Å². The van der Waals surface area contributed by atoms with Crippen molar-refractivity contribution >= 4 is 0 Å². The summed E-state index contributed by atoms with van der Waals surface area (Å²) < 4.78 is 16.3. The molecule has 1 N–H and O–H groups in total. The quantitative estimate of drug-likeness (QED) is 0.627. The SMILES string of the molecule is CCCOCCOCc1cc(CNCC(C)C)co1. The summed E-state index contributed by atoms with van der Waals surface area (Å²) in [7, 11) is 0. The van der Waals surface area contributed by atoms with Gasteiger partial charge in [-0.25, -0.2) is 0 Å². The van der Waals surface area contributed by atoms with E-state index in [0.717, 1.165) is 31.9 Å². The molecule has 1 heterocycles. The highest BCUT2D eigenvalue weighted by molar-refractivity contribution is 5.11. The van der Waals surface area contributed by atoms with E-state index in [1.165, 1.54) is 5.56 Å². The molecule has 4 nitrogen and oxygen atoms in total. The summed E-state index contributed by atoms with van der Waals surface area (Å²) in [5, 5.41) is 3.38. The van der Waals surface area contributed by atoms with Gasteiger partial charge in [0.1, 0.15) is 12.4 Å². The highest BCUT2D eigenvalue weighted by Crippen LogP contribution is 2.09. The van der Waals surface area contributed by atoms with E-state index in [0.29, 0.717) is 25.7 Å². The Morgan fingerprint density at radius 1 is 1.21 bits per heavy atom. The summed E-state index contributed by atoms with van der Waals surface area (Å²) in [5.74, 6) is 1.54. The van der Waals surface area contributed by atoms with Gasteiger partial charge in [0, 0.05) is 18.7 Å². The zero-order valence-electron chi connectivity index (χ0n) is 12.4. The lowest BCUT2D eigenvalue weighted by atomic mass is 10.2. The first-order valence-corrected chi connectivity index (χ1v) is 7.14. The van der Waals surface area contributed by atoms with Gasteiger partial charge in [-0.05, 0) is 24.9 Å². The number of furan rings is 1. The maximum absolute atomic E-state index is 5.48. The van der Waals surface area contributed by atoms with Gasteiger partial charge >= 0.3 is 0 Å². The van der Waals surface area contributed by atoms with E-state index in [9.17, 15) is 0 Å². The van der Waals surface area contributed by atoms with E-state index in [2.05, 4.69) is 26.1 Å². The van der Waals surface area contributed by atoms with E-state index in [1.54, 1.807) is 6.26 Å². The van der Waals surface area contributed by atoms with Crippen molar-refractivity contribution in [3.8, 4) is 0 Å². The van der Waals surface area contributed by atoms with Crippen LogP contribution in [0.5, 0.6) is 0 Å². The van der Waals surface area contributed by atoms with Crippen molar-refractivity contribution in [2.24, 2.45) is 5.92 Å². The molecule has 0 spiro atoms. The molecular weight excluding hydrogens is 242 g/mol. The van der Waals surface area contributed by atoms with Crippen LogP contribution in [0.4, 0.5) is 0 Å². The molecule has 110 valence electrons. The Morgan fingerprint density at radius 3 is 2.74 bits per heavy atom. The molecule has 1 aromatic rings. The van der Waals surface area contributed by atoms with Crippen LogP contribution in [0.25, 0.3) is 0 Å². The van der Waals surface area contributed by atoms with Crippen LogP contribution in [0.15, 0.2) is 16.7 Å². The maximum atomic E-state index is 5.48. The van der Waals surface area contributed by atoms with Crippen LogP contribution >= 0.6 is 0 Å². The van der Waals surface area contributed by atoms with Crippen molar-refractivity contribution in [3.63, 3.8) is 0 Å². The summed E-state index contributed by atoms with van der Waals surface area (Å²) >= 11 is 0. The Hall–Kier alpha value is -0.840. The van der Waals surface area contributed by atoms with Gasteiger partial charge in [-0.1, -0.05) is 20.8 Å². The molecule has 0 aliphatic heterocycles. The fraction of sp³-hybridized carbons (Fsp3) is 0.733. The lowest BCUT2D eigenvalue weighted by Gasteiger charge is -2.04. The molecule has 19 heavy (non-hydrogen) atoms. The van der Waals surface area contributed by atoms with Gasteiger partial charge in [-0.15, -0.1) is 0 Å². The molecular formula is C15H27NO3. The predicted molar refractivity (Wildman–Crippen MR) is 76.0 cm³/mol. The normalized spacial score (nSPS) is 11.4. The van der Waals surface area contributed by atoms with Gasteiger partial charge in [-0.3, -0.25) is 0 Å². The van der Waals surface area contributed by atoms with E-state index in [1.807, 2.05) is 6.07 Å². The zero-order valence-corrected chi connectivity index (χ0v) is 12.4. The largest absolute Gasteiger partial charge is 0.467 e. The molecule has 0 aromatic carbocycles. The maximum Gasteiger partial charge on any atom is 0.129 e. The molecule has 1 rings (SSSR count). The smallest absolute Gasteiger partial charge is 0.129 e. The van der Waals surface area contributed by atoms with Crippen molar-refractivity contribution in [2.75, 3.05) is 26.4 Å². The molecule has 0 bridgehead atoms. The van der Waals surface area contributed by atoms with Gasteiger partial charge < -0.3 is 19.2 Å². The third kappa shape index (κ3) is 8.03. The third-order valence-corrected chi connectivity index (χ3v) is 2.55. The van der Waals surface area contributed by atoms with Gasteiger partial charge in [-0.2, -0.15) is 0 Å². The summed E-state index contributed by atoms with van der Waals surface area (Å²) in [6.07, 6.45) is 2.84. The molecule has 0 saturated heterocycles. The van der Waals surface area contributed by atoms with Crippen LogP contribution in [0.1, 0.15) is 38.5 Å². The molecule has 0 saturated carbocycles. The molecule has 1 aromatic heterocycles. The van der Waals surface area contributed by atoms with Crippen molar-refractivity contribution in [2.45, 2.75) is 40.3 Å². The monoisotopic (exact) mass is 269 g/mol. The van der Waals surface area contributed by atoms with Crippen molar-refractivity contribution in [1.29, 1.82) is 0 Å². The van der Waals surface area contributed by atoms with Crippen LogP contribution in [0, 0.1) is 5.92 Å². The zero-order chi connectivity index (χ0) is 13.9. The number of nitrogens with one attached hydrogen (secondary N) is 1.